The van der Waals surface area contributed by atoms with Crippen LogP contribution in [-0.2, 0) is 14.3 Å². The molecular weight excluding hydrogens is 362 g/mol. The number of carbonyl (C=O) groups is 2. The zero-order chi connectivity index (χ0) is 20.1. The van der Waals surface area contributed by atoms with Gasteiger partial charge in [0.25, 0.3) is 17.5 Å². The number of hydrogen-bond acceptors (Lipinski definition) is 6. The maximum atomic E-state index is 13.1. The summed E-state index contributed by atoms with van der Waals surface area (Å²) < 4.78 is 5.32. The number of carbonyl (C=O) groups excluding carboxylic acids is 2. The Morgan fingerprint density at radius 3 is 2.36 bits per heavy atom. The fourth-order valence-corrected chi connectivity index (χ4v) is 3.66. The van der Waals surface area contributed by atoms with Crippen molar-refractivity contribution in [1.29, 1.82) is 0 Å². The third kappa shape index (κ3) is 4.06. The van der Waals surface area contributed by atoms with Crippen LogP contribution in [0.1, 0.15) is 38.2 Å². The topological polar surface area (TPSA) is 93.0 Å². The van der Waals surface area contributed by atoms with E-state index in [0.29, 0.717) is 43.0 Å². The van der Waals surface area contributed by atoms with Gasteiger partial charge in [-0.2, -0.15) is 0 Å². The third-order valence-corrected chi connectivity index (χ3v) is 5.06. The van der Waals surface area contributed by atoms with E-state index in [4.69, 9.17) is 4.74 Å². The molecule has 8 nitrogen and oxygen atoms in total. The second-order valence-corrected chi connectivity index (χ2v) is 6.89. The van der Waals surface area contributed by atoms with Crippen molar-refractivity contribution in [3.05, 3.63) is 45.6 Å². The normalized spacial score (nSPS) is 17.6. The molecule has 150 valence electrons. The van der Waals surface area contributed by atoms with E-state index in [1.807, 2.05) is 11.8 Å². The maximum Gasteiger partial charge on any atom is 0.277 e. The van der Waals surface area contributed by atoms with Crippen molar-refractivity contribution in [2.45, 2.75) is 32.6 Å². The predicted octanol–water partition coefficient (Wildman–Crippen LogP) is 2.59. The van der Waals surface area contributed by atoms with Crippen LogP contribution in [0.25, 0.3) is 5.57 Å². The van der Waals surface area contributed by atoms with Crippen LogP contribution >= 0.6 is 0 Å². The molecule has 0 atom stereocenters. The zero-order valence-corrected chi connectivity index (χ0v) is 16.1. The van der Waals surface area contributed by atoms with Crippen molar-refractivity contribution in [3.8, 4) is 0 Å². The lowest BCUT2D eigenvalue weighted by molar-refractivity contribution is -0.384. The number of piperidine rings is 1. The number of benzene rings is 1. The molecule has 2 aliphatic rings. The lowest BCUT2D eigenvalue weighted by Gasteiger charge is -2.29. The predicted molar refractivity (Wildman–Crippen MR) is 103 cm³/mol. The van der Waals surface area contributed by atoms with Gasteiger partial charge in [-0.1, -0.05) is 0 Å². The van der Waals surface area contributed by atoms with Gasteiger partial charge in [0.1, 0.15) is 5.70 Å². The number of imide groups is 1. The quantitative estimate of drug-likeness (QED) is 0.295. The lowest BCUT2D eigenvalue weighted by Crippen LogP contribution is -2.37. The van der Waals surface area contributed by atoms with Gasteiger partial charge in [0.15, 0.2) is 0 Å². The summed E-state index contributed by atoms with van der Waals surface area (Å²) >= 11 is 0. The smallest absolute Gasteiger partial charge is 0.277 e. The van der Waals surface area contributed by atoms with Crippen LogP contribution in [0.5, 0.6) is 0 Å². The van der Waals surface area contributed by atoms with Gasteiger partial charge in [0, 0.05) is 45.0 Å². The first kappa shape index (κ1) is 20.0. The van der Waals surface area contributed by atoms with Crippen LogP contribution in [0.2, 0.25) is 0 Å². The molecule has 0 spiro atoms. The van der Waals surface area contributed by atoms with Gasteiger partial charge < -0.3 is 9.64 Å². The average Bonchev–Trinajstić information content (AvgIpc) is 2.96. The van der Waals surface area contributed by atoms with Gasteiger partial charge in [-0.05, 0) is 50.3 Å². The average molecular weight is 387 g/mol. The standard InChI is InChI=1S/C20H25N3O5/c1-2-28-14-6-13-22-19(24)17(15-7-9-16(10-8-15)23(26)27)18(20(22)25)21-11-4-3-5-12-21/h7-10H,2-6,11-14H2,1H3. The number of nitrogens with zero attached hydrogens (tertiary/aromatic N) is 3. The molecule has 0 bridgehead atoms. The number of nitro groups is 1. The third-order valence-electron chi connectivity index (χ3n) is 5.06. The molecule has 2 amide bonds. The number of non-ortho nitro benzene ring substituents is 1. The molecule has 1 aromatic carbocycles. The van der Waals surface area contributed by atoms with Crippen molar-refractivity contribution < 1.29 is 19.2 Å². The van der Waals surface area contributed by atoms with Gasteiger partial charge in [-0.3, -0.25) is 24.6 Å². The Hall–Kier alpha value is -2.74. The second kappa shape index (κ2) is 8.97. The van der Waals surface area contributed by atoms with E-state index in [-0.39, 0.29) is 17.5 Å². The highest BCUT2D eigenvalue weighted by atomic mass is 16.6. The van der Waals surface area contributed by atoms with Crippen molar-refractivity contribution >= 4 is 23.1 Å². The highest BCUT2D eigenvalue weighted by Crippen LogP contribution is 2.33. The SMILES string of the molecule is CCOCCCN1C(=O)C(c2ccc([N+](=O)[O-])cc2)=C(N2CCCCC2)C1=O. The number of amides is 2. The molecule has 0 saturated carbocycles. The lowest BCUT2D eigenvalue weighted by atomic mass is 10.0. The maximum absolute atomic E-state index is 13.1. The summed E-state index contributed by atoms with van der Waals surface area (Å²) in [5.74, 6) is -0.618. The molecule has 2 heterocycles. The molecule has 0 N–H and O–H groups in total. The first-order valence-electron chi connectivity index (χ1n) is 9.72. The molecule has 1 fully saturated rings. The van der Waals surface area contributed by atoms with Gasteiger partial charge in [-0.25, -0.2) is 0 Å². The van der Waals surface area contributed by atoms with Crippen molar-refractivity contribution in [3.63, 3.8) is 0 Å². The van der Waals surface area contributed by atoms with E-state index in [1.54, 1.807) is 12.1 Å². The molecule has 0 unspecified atom stereocenters. The highest BCUT2D eigenvalue weighted by molar-refractivity contribution is 6.35. The number of rotatable bonds is 8. The minimum Gasteiger partial charge on any atom is -0.382 e. The van der Waals surface area contributed by atoms with Crippen LogP contribution in [0.4, 0.5) is 5.69 Å². The summed E-state index contributed by atoms with van der Waals surface area (Å²) in [4.78, 5) is 39.9. The van der Waals surface area contributed by atoms with Crippen LogP contribution in [-0.4, -0.2) is 59.4 Å². The molecule has 1 saturated heterocycles. The first-order valence-corrected chi connectivity index (χ1v) is 9.72. The minimum absolute atomic E-state index is 0.0470. The van der Waals surface area contributed by atoms with E-state index in [9.17, 15) is 19.7 Å². The Bertz CT molecular complexity index is 782. The zero-order valence-electron chi connectivity index (χ0n) is 16.1. The van der Waals surface area contributed by atoms with Crippen LogP contribution < -0.4 is 0 Å². The first-order chi connectivity index (χ1) is 13.5. The fourth-order valence-electron chi connectivity index (χ4n) is 3.66. The molecule has 1 aromatic rings. The molecule has 2 aliphatic heterocycles. The molecule has 28 heavy (non-hydrogen) atoms. The van der Waals surface area contributed by atoms with E-state index >= 15 is 0 Å². The van der Waals surface area contributed by atoms with E-state index < -0.39 is 4.92 Å². The monoisotopic (exact) mass is 387 g/mol. The number of hydrogen-bond donors (Lipinski definition) is 0. The van der Waals surface area contributed by atoms with Crippen LogP contribution in [0.3, 0.4) is 0 Å². The number of likely N-dealkylation sites (tertiary alicyclic amines) is 1. The van der Waals surface area contributed by atoms with Crippen molar-refractivity contribution in [2.75, 3.05) is 32.8 Å². The Labute approximate surface area is 163 Å². The van der Waals surface area contributed by atoms with Gasteiger partial charge in [-0.15, -0.1) is 0 Å². The summed E-state index contributed by atoms with van der Waals surface area (Å²) in [5, 5.41) is 10.9. The molecule has 0 aromatic heterocycles. The number of ether oxygens (including phenoxy) is 1. The minimum atomic E-state index is -0.481. The number of nitro benzene ring substituents is 1. The Kier molecular flexibility index (Phi) is 6.41. The van der Waals surface area contributed by atoms with Gasteiger partial charge in [0.05, 0.1) is 10.5 Å². The summed E-state index contributed by atoms with van der Waals surface area (Å²) in [6, 6.07) is 5.83. The fraction of sp³-hybridized carbons (Fsp3) is 0.500. The Balaban J connectivity index is 1.92. The van der Waals surface area contributed by atoms with Crippen molar-refractivity contribution in [1.82, 2.24) is 9.80 Å². The molecule has 0 radical (unpaired) electrons. The van der Waals surface area contributed by atoms with E-state index in [0.717, 1.165) is 32.4 Å². The molecule has 0 aliphatic carbocycles. The molecule has 3 rings (SSSR count). The molecule has 8 heteroatoms. The second-order valence-electron chi connectivity index (χ2n) is 6.89. The summed E-state index contributed by atoms with van der Waals surface area (Å²) in [6.45, 7) is 4.74. The highest BCUT2D eigenvalue weighted by Gasteiger charge is 2.41. The summed E-state index contributed by atoms with van der Waals surface area (Å²) in [6.07, 6.45) is 3.63. The van der Waals surface area contributed by atoms with Gasteiger partial charge in [0.2, 0.25) is 0 Å². The van der Waals surface area contributed by atoms with E-state index in [2.05, 4.69) is 0 Å². The van der Waals surface area contributed by atoms with Crippen molar-refractivity contribution in [2.24, 2.45) is 0 Å². The van der Waals surface area contributed by atoms with Crippen LogP contribution in [0.15, 0.2) is 30.0 Å². The summed E-state index contributed by atoms with van der Waals surface area (Å²) in [7, 11) is 0. The largest absolute Gasteiger partial charge is 0.382 e. The van der Waals surface area contributed by atoms with Gasteiger partial charge >= 0.3 is 0 Å². The Morgan fingerprint density at radius 2 is 1.75 bits per heavy atom. The molecular formula is C20H25N3O5. The Morgan fingerprint density at radius 1 is 1.07 bits per heavy atom. The van der Waals surface area contributed by atoms with E-state index in [1.165, 1.54) is 17.0 Å². The van der Waals surface area contributed by atoms with Crippen LogP contribution in [0, 0.1) is 10.1 Å². The summed E-state index contributed by atoms with van der Waals surface area (Å²) in [5.41, 5.74) is 1.26.